The van der Waals surface area contributed by atoms with Crippen LogP contribution in [0.5, 0.6) is 0 Å². The number of nitrogens with zero attached hydrogens (tertiary/aromatic N) is 1. The first-order valence-corrected chi connectivity index (χ1v) is 4.02. The maximum atomic E-state index is 8.49. The van der Waals surface area contributed by atoms with Gasteiger partial charge in [0.2, 0.25) is 0 Å². The third-order valence-corrected chi connectivity index (χ3v) is 1.60. The monoisotopic (exact) mass is 161 g/mol. The highest BCUT2D eigenvalue weighted by Crippen LogP contribution is 2.10. The molecule has 0 N–H and O–H groups in total. The minimum atomic E-state index is 0.463. The zero-order valence-corrected chi connectivity index (χ0v) is 7.96. The largest absolute Gasteiger partial charge is 0.193 e. The summed E-state index contributed by atoms with van der Waals surface area (Å²) < 4.78 is 0. The maximum Gasteiger partial charge on any atom is 0.0944 e. The van der Waals surface area contributed by atoms with E-state index in [0.29, 0.717) is 5.92 Å². The molecule has 1 heteroatoms. The Morgan fingerprint density at radius 3 is 2.33 bits per heavy atom. The Morgan fingerprint density at radius 2 is 2.00 bits per heavy atom. The van der Waals surface area contributed by atoms with Crippen LogP contribution in [-0.2, 0) is 0 Å². The zero-order valence-electron chi connectivity index (χ0n) is 7.96. The summed E-state index contributed by atoms with van der Waals surface area (Å²) in [6.07, 6.45) is 5.58. The molecule has 0 aromatic rings. The van der Waals surface area contributed by atoms with Gasteiger partial charge in [-0.05, 0) is 24.5 Å². The Labute approximate surface area is 74.7 Å². The lowest BCUT2D eigenvalue weighted by Crippen LogP contribution is -1.88. The van der Waals surface area contributed by atoms with E-state index in [2.05, 4.69) is 26.5 Å². The number of rotatable bonds is 3. The topological polar surface area (TPSA) is 23.8 Å². The predicted molar refractivity (Wildman–Crippen MR) is 52.5 cm³/mol. The third kappa shape index (κ3) is 3.78. The van der Waals surface area contributed by atoms with E-state index < -0.39 is 0 Å². The van der Waals surface area contributed by atoms with Gasteiger partial charge in [0.1, 0.15) is 0 Å². The molecule has 1 nitrogen and oxygen atoms in total. The van der Waals surface area contributed by atoms with E-state index in [9.17, 15) is 0 Å². The van der Waals surface area contributed by atoms with Crippen LogP contribution in [0, 0.1) is 17.2 Å². The van der Waals surface area contributed by atoms with Gasteiger partial charge in [-0.3, -0.25) is 0 Å². The van der Waals surface area contributed by atoms with Gasteiger partial charge in [-0.15, -0.1) is 0 Å². The molecule has 0 spiro atoms. The van der Waals surface area contributed by atoms with Crippen molar-refractivity contribution in [2.75, 3.05) is 0 Å². The summed E-state index contributed by atoms with van der Waals surface area (Å²) in [7, 11) is 0. The van der Waals surface area contributed by atoms with Crippen LogP contribution in [0.15, 0.2) is 36.0 Å². The molecule has 0 rings (SSSR count). The molecule has 0 aliphatic rings. The summed E-state index contributed by atoms with van der Waals surface area (Å²) in [6.45, 7) is 9.70. The lowest BCUT2D eigenvalue weighted by atomic mass is 10.0. The van der Waals surface area contributed by atoms with Gasteiger partial charge in [0, 0.05) is 5.57 Å². The number of allylic oxidation sites excluding steroid dienone is 5. The van der Waals surface area contributed by atoms with E-state index in [4.69, 9.17) is 5.26 Å². The van der Waals surface area contributed by atoms with Crippen LogP contribution in [-0.4, -0.2) is 0 Å². The summed E-state index contributed by atoms with van der Waals surface area (Å²) in [5.74, 6) is 0.463. The van der Waals surface area contributed by atoms with E-state index in [1.165, 1.54) is 0 Å². The van der Waals surface area contributed by atoms with Crippen molar-refractivity contribution in [1.29, 1.82) is 5.26 Å². The summed E-state index contributed by atoms with van der Waals surface area (Å²) >= 11 is 0. The van der Waals surface area contributed by atoms with Gasteiger partial charge < -0.3 is 0 Å². The molecule has 0 saturated carbocycles. The van der Waals surface area contributed by atoms with E-state index in [1.807, 2.05) is 18.2 Å². The standard InChI is InChI=1S/C11H15N/c1-5-11(9(2)3)7-6-10(4)8-12/h5-7,9H,1H2,2-4H3/b10-6+,11-7+. The average Bonchev–Trinajstić information content (AvgIpc) is 2.04. The molecule has 0 aromatic heterocycles. The van der Waals surface area contributed by atoms with Crippen molar-refractivity contribution in [2.45, 2.75) is 20.8 Å². The second-order valence-electron chi connectivity index (χ2n) is 2.99. The van der Waals surface area contributed by atoms with Crippen molar-refractivity contribution in [3.8, 4) is 6.07 Å². The van der Waals surface area contributed by atoms with E-state index in [-0.39, 0.29) is 0 Å². The first-order chi connectivity index (χ1) is 5.61. The molecule has 0 aromatic carbocycles. The fourth-order valence-electron chi connectivity index (χ4n) is 0.755. The zero-order chi connectivity index (χ0) is 9.56. The van der Waals surface area contributed by atoms with Crippen LogP contribution < -0.4 is 0 Å². The van der Waals surface area contributed by atoms with Crippen molar-refractivity contribution in [3.05, 3.63) is 36.0 Å². The molecule has 0 heterocycles. The first-order valence-electron chi connectivity index (χ1n) is 4.02. The van der Waals surface area contributed by atoms with Gasteiger partial charge in [-0.1, -0.05) is 32.6 Å². The SMILES string of the molecule is C=C/C(=C\C=C(/C)C#N)C(C)C. The highest BCUT2D eigenvalue weighted by molar-refractivity contribution is 5.29. The molecule has 64 valence electrons. The third-order valence-electron chi connectivity index (χ3n) is 1.60. The minimum absolute atomic E-state index is 0.463. The summed E-state index contributed by atoms with van der Waals surface area (Å²) in [5.41, 5.74) is 1.87. The van der Waals surface area contributed by atoms with Crippen molar-refractivity contribution >= 4 is 0 Å². The Balaban J connectivity index is 4.54. The van der Waals surface area contributed by atoms with Gasteiger partial charge in [0.25, 0.3) is 0 Å². The van der Waals surface area contributed by atoms with Crippen LogP contribution in [0.1, 0.15) is 20.8 Å². The second-order valence-corrected chi connectivity index (χ2v) is 2.99. The molecular weight excluding hydrogens is 146 g/mol. The Kier molecular flexibility index (Phi) is 4.79. The summed E-state index contributed by atoms with van der Waals surface area (Å²) in [4.78, 5) is 0. The van der Waals surface area contributed by atoms with Crippen molar-refractivity contribution in [1.82, 2.24) is 0 Å². The fourth-order valence-corrected chi connectivity index (χ4v) is 0.755. The lowest BCUT2D eigenvalue weighted by Gasteiger charge is -2.03. The first kappa shape index (κ1) is 10.7. The predicted octanol–water partition coefficient (Wildman–Crippen LogP) is 3.22. The minimum Gasteiger partial charge on any atom is -0.193 e. The van der Waals surface area contributed by atoms with Crippen molar-refractivity contribution < 1.29 is 0 Å². The molecule has 0 saturated heterocycles. The second kappa shape index (κ2) is 5.37. The summed E-state index contributed by atoms with van der Waals surface area (Å²) in [6, 6.07) is 2.07. The quantitative estimate of drug-likeness (QED) is 0.460. The number of nitriles is 1. The van der Waals surface area contributed by atoms with Gasteiger partial charge in [0.05, 0.1) is 6.07 Å². The van der Waals surface area contributed by atoms with E-state index in [1.54, 1.807) is 6.92 Å². The Morgan fingerprint density at radius 1 is 1.42 bits per heavy atom. The van der Waals surface area contributed by atoms with E-state index in [0.717, 1.165) is 11.1 Å². The van der Waals surface area contributed by atoms with E-state index >= 15 is 0 Å². The number of hydrogen-bond acceptors (Lipinski definition) is 1. The maximum absolute atomic E-state index is 8.49. The normalized spacial score (nSPS) is 12.9. The highest BCUT2D eigenvalue weighted by atomic mass is 14.2. The Bertz CT molecular complexity index is 249. The van der Waals surface area contributed by atoms with Crippen LogP contribution in [0.25, 0.3) is 0 Å². The van der Waals surface area contributed by atoms with Crippen LogP contribution in [0.3, 0.4) is 0 Å². The molecule has 0 unspecified atom stereocenters. The van der Waals surface area contributed by atoms with Gasteiger partial charge in [-0.2, -0.15) is 5.26 Å². The van der Waals surface area contributed by atoms with Crippen LogP contribution >= 0.6 is 0 Å². The highest BCUT2D eigenvalue weighted by Gasteiger charge is 1.95. The van der Waals surface area contributed by atoms with Gasteiger partial charge >= 0.3 is 0 Å². The van der Waals surface area contributed by atoms with Crippen molar-refractivity contribution in [2.24, 2.45) is 5.92 Å². The smallest absolute Gasteiger partial charge is 0.0944 e. The van der Waals surface area contributed by atoms with Crippen molar-refractivity contribution in [3.63, 3.8) is 0 Å². The molecule has 12 heavy (non-hydrogen) atoms. The lowest BCUT2D eigenvalue weighted by molar-refractivity contribution is 0.792. The molecule has 0 bridgehead atoms. The molecule has 0 aliphatic carbocycles. The average molecular weight is 161 g/mol. The fraction of sp³-hybridized carbons (Fsp3) is 0.364. The molecule has 0 atom stereocenters. The Hall–Kier alpha value is -1.29. The molecule has 0 amide bonds. The molecular formula is C11H15N. The van der Waals surface area contributed by atoms with Gasteiger partial charge in [0.15, 0.2) is 0 Å². The molecule has 0 fully saturated rings. The van der Waals surface area contributed by atoms with Crippen LogP contribution in [0.2, 0.25) is 0 Å². The molecule has 0 aliphatic heterocycles. The number of hydrogen-bond donors (Lipinski definition) is 0. The van der Waals surface area contributed by atoms with Crippen LogP contribution in [0.4, 0.5) is 0 Å². The molecule has 0 radical (unpaired) electrons. The van der Waals surface area contributed by atoms with Gasteiger partial charge in [-0.25, -0.2) is 0 Å². The summed E-state index contributed by atoms with van der Waals surface area (Å²) in [5, 5.41) is 8.49.